The zero-order valence-electron chi connectivity index (χ0n) is 11.7. The number of aromatic nitrogens is 4. The summed E-state index contributed by atoms with van der Waals surface area (Å²) in [6, 6.07) is 0. The van der Waals surface area contributed by atoms with E-state index in [2.05, 4.69) is 21.9 Å². The molecule has 0 bridgehead atoms. The molecule has 0 amide bonds. The van der Waals surface area contributed by atoms with Crippen molar-refractivity contribution in [3.05, 3.63) is 35.0 Å². The summed E-state index contributed by atoms with van der Waals surface area (Å²) < 4.78 is 1.92. The molecule has 1 N–H and O–H groups in total. The third-order valence-electron chi connectivity index (χ3n) is 3.32. The summed E-state index contributed by atoms with van der Waals surface area (Å²) >= 11 is 1.18. The van der Waals surface area contributed by atoms with Gasteiger partial charge in [-0.3, -0.25) is 4.57 Å². The van der Waals surface area contributed by atoms with Gasteiger partial charge >= 0.3 is 5.97 Å². The molecule has 7 heteroatoms. The molecule has 0 saturated carbocycles. The van der Waals surface area contributed by atoms with Gasteiger partial charge in [0.15, 0.2) is 5.82 Å². The number of fused-ring (bicyclic) bond motifs is 1. The van der Waals surface area contributed by atoms with Gasteiger partial charge in [-0.2, -0.15) is 0 Å². The molecule has 0 fully saturated rings. The highest BCUT2D eigenvalue weighted by atomic mass is 32.1. The Hall–Kier alpha value is -2.28. The summed E-state index contributed by atoms with van der Waals surface area (Å²) in [5.74, 6) is 0.683. The first-order valence-electron chi connectivity index (χ1n) is 6.63. The van der Waals surface area contributed by atoms with Gasteiger partial charge in [-0.05, 0) is 18.9 Å². The van der Waals surface area contributed by atoms with Gasteiger partial charge in [0.1, 0.15) is 21.9 Å². The number of rotatable bonds is 4. The third kappa shape index (κ3) is 2.19. The lowest BCUT2D eigenvalue weighted by Crippen LogP contribution is -2.04. The first-order valence-corrected chi connectivity index (χ1v) is 7.45. The average Bonchev–Trinajstić information content (AvgIpc) is 3.04. The minimum absolute atomic E-state index is 0.309. The minimum Gasteiger partial charge on any atom is -0.477 e. The molecule has 3 rings (SSSR count). The lowest BCUT2D eigenvalue weighted by atomic mass is 10.2. The zero-order valence-corrected chi connectivity index (χ0v) is 12.5. The van der Waals surface area contributed by atoms with Crippen LogP contribution in [-0.2, 0) is 6.42 Å². The Kier molecular flexibility index (Phi) is 3.42. The quantitative estimate of drug-likeness (QED) is 0.801. The van der Waals surface area contributed by atoms with Crippen LogP contribution in [0.5, 0.6) is 0 Å². The fourth-order valence-corrected chi connectivity index (χ4v) is 3.36. The van der Waals surface area contributed by atoms with Gasteiger partial charge in [0.2, 0.25) is 0 Å². The van der Waals surface area contributed by atoms with E-state index in [0.29, 0.717) is 21.1 Å². The summed E-state index contributed by atoms with van der Waals surface area (Å²) in [5, 5.41) is 10.1. The molecule has 3 aromatic rings. The van der Waals surface area contributed by atoms with Gasteiger partial charge in [0, 0.05) is 18.8 Å². The van der Waals surface area contributed by atoms with E-state index in [1.165, 1.54) is 17.7 Å². The Labute approximate surface area is 125 Å². The summed E-state index contributed by atoms with van der Waals surface area (Å²) in [5.41, 5.74) is 0.703. The van der Waals surface area contributed by atoms with E-state index in [1.807, 2.05) is 10.8 Å². The maximum Gasteiger partial charge on any atom is 0.346 e. The molecule has 6 nitrogen and oxygen atoms in total. The Bertz CT molecular complexity index is 822. The van der Waals surface area contributed by atoms with Crippen LogP contribution >= 0.6 is 11.3 Å². The van der Waals surface area contributed by atoms with Crippen LogP contribution in [0.4, 0.5) is 0 Å². The van der Waals surface area contributed by atoms with Crippen LogP contribution < -0.4 is 0 Å². The highest BCUT2D eigenvalue weighted by Gasteiger charge is 2.20. The van der Waals surface area contributed by atoms with Crippen molar-refractivity contribution >= 4 is 27.5 Å². The van der Waals surface area contributed by atoms with Gasteiger partial charge < -0.3 is 5.11 Å². The van der Waals surface area contributed by atoms with Crippen molar-refractivity contribution < 1.29 is 9.90 Å². The van der Waals surface area contributed by atoms with E-state index in [1.54, 1.807) is 13.1 Å². The van der Waals surface area contributed by atoms with Gasteiger partial charge in [-0.15, -0.1) is 11.3 Å². The van der Waals surface area contributed by atoms with Crippen molar-refractivity contribution in [2.45, 2.75) is 26.7 Å². The molecule has 3 heterocycles. The summed E-state index contributed by atoms with van der Waals surface area (Å²) in [4.78, 5) is 25.2. The van der Waals surface area contributed by atoms with E-state index in [0.717, 1.165) is 24.1 Å². The van der Waals surface area contributed by atoms with Crippen molar-refractivity contribution in [1.29, 1.82) is 0 Å². The standard InChI is InChI=1S/C14H14N4O2S/c1-3-4-9-15-5-6-18(9)12-10-8(2)11(14(19)20)21-13(10)17-7-16-12/h5-7H,3-4H2,1-2H3,(H,19,20). The topological polar surface area (TPSA) is 80.9 Å². The second kappa shape index (κ2) is 5.25. The summed E-state index contributed by atoms with van der Waals surface area (Å²) in [6.45, 7) is 3.89. The molecule has 0 unspecified atom stereocenters. The largest absolute Gasteiger partial charge is 0.477 e. The normalized spacial score (nSPS) is 11.1. The monoisotopic (exact) mass is 302 g/mol. The van der Waals surface area contributed by atoms with Crippen LogP contribution in [0.2, 0.25) is 0 Å². The average molecular weight is 302 g/mol. The lowest BCUT2D eigenvalue weighted by Gasteiger charge is -2.07. The maximum atomic E-state index is 11.3. The number of hydrogen-bond acceptors (Lipinski definition) is 5. The van der Waals surface area contributed by atoms with Crippen molar-refractivity contribution in [1.82, 2.24) is 19.5 Å². The van der Waals surface area contributed by atoms with E-state index in [9.17, 15) is 9.90 Å². The van der Waals surface area contributed by atoms with Crippen LogP contribution in [0.3, 0.4) is 0 Å². The Morgan fingerprint density at radius 1 is 1.38 bits per heavy atom. The molecule has 0 aliphatic carbocycles. The third-order valence-corrected chi connectivity index (χ3v) is 4.51. The predicted molar refractivity (Wildman–Crippen MR) is 80.2 cm³/mol. The highest BCUT2D eigenvalue weighted by Crippen LogP contribution is 2.32. The second-order valence-electron chi connectivity index (χ2n) is 4.70. The number of imidazole rings is 1. The first-order chi connectivity index (χ1) is 10.1. The number of nitrogens with zero attached hydrogens (tertiary/aromatic N) is 4. The van der Waals surface area contributed by atoms with Crippen molar-refractivity contribution in [2.75, 3.05) is 0 Å². The molecule has 0 atom stereocenters. The number of carboxylic acids is 1. The number of aromatic carboxylic acids is 1. The Morgan fingerprint density at radius 2 is 2.19 bits per heavy atom. The van der Waals surface area contributed by atoms with E-state index in [4.69, 9.17) is 0 Å². The fourth-order valence-electron chi connectivity index (χ4n) is 2.38. The van der Waals surface area contributed by atoms with Crippen LogP contribution in [0, 0.1) is 6.92 Å². The molecule has 0 aliphatic heterocycles. The first kappa shape index (κ1) is 13.7. The number of carbonyl (C=O) groups is 1. The molecule has 108 valence electrons. The van der Waals surface area contributed by atoms with Crippen molar-refractivity contribution in [3.8, 4) is 5.82 Å². The predicted octanol–water partition coefficient (Wildman–Crippen LogP) is 2.84. The number of hydrogen-bond donors (Lipinski definition) is 1. The molecular weight excluding hydrogens is 288 g/mol. The van der Waals surface area contributed by atoms with E-state index < -0.39 is 5.97 Å². The minimum atomic E-state index is -0.930. The molecule has 0 aliphatic rings. The SMILES string of the molecule is CCCc1nccn1-c1ncnc2sc(C(=O)O)c(C)c12. The molecule has 0 aromatic carbocycles. The Morgan fingerprint density at radius 3 is 2.90 bits per heavy atom. The highest BCUT2D eigenvalue weighted by molar-refractivity contribution is 7.20. The molecule has 0 saturated heterocycles. The number of carboxylic acid groups (broad SMARTS) is 1. The van der Waals surface area contributed by atoms with Gasteiger partial charge in [-0.1, -0.05) is 6.92 Å². The van der Waals surface area contributed by atoms with Crippen LogP contribution in [-0.4, -0.2) is 30.6 Å². The number of aryl methyl sites for hydroxylation is 2. The van der Waals surface area contributed by atoms with Gasteiger partial charge in [-0.25, -0.2) is 19.7 Å². The van der Waals surface area contributed by atoms with Crippen LogP contribution in [0.1, 0.15) is 34.4 Å². The molecule has 21 heavy (non-hydrogen) atoms. The van der Waals surface area contributed by atoms with Crippen LogP contribution in [0.15, 0.2) is 18.7 Å². The Balaban J connectivity index is 2.28. The molecule has 3 aromatic heterocycles. The lowest BCUT2D eigenvalue weighted by molar-refractivity contribution is 0.0701. The maximum absolute atomic E-state index is 11.3. The molecule has 0 spiro atoms. The fraction of sp³-hybridized carbons (Fsp3) is 0.286. The van der Waals surface area contributed by atoms with Gasteiger partial charge in [0.05, 0.1) is 5.39 Å². The summed E-state index contributed by atoms with van der Waals surface area (Å²) in [6.07, 6.45) is 6.87. The summed E-state index contributed by atoms with van der Waals surface area (Å²) in [7, 11) is 0. The van der Waals surface area contributed by atoms with Gasteiger partial charge in [0.25, 0.3) is 0 Å². The van der Waals surface area contributed by atoms with Crippen LogP contribution in [0.25, 0.3) is 16.0 Å². The number of thiophene rings is 1. The van der Waals surface area contributed by atoms with Crippen molar-refractivity contribution in [3.63, 3.8) is 0 Å². The molecule has 0 radical (unpaired) electrons. The zero-order chi connectivity index (χ0) is 15.0. The van der Waals surface area contributed by atoms with E-state index >= 15 is 0 Å². The van der Waals surface area contributed by atoms with E-state index in [-0.39, 0.29) is 0 Å². The second-order valence-corrected chi connectivity index (χ2v) is 5.70. The smallest absolute Gasteiger partial charge is 0.346 e. The molecular formula is C14H14N4O2S. The van der Waals surface area contributed by atoms with Crippen molar-refractivity contribution in [2.24, 2.45) is 0 Å².